The summed E-state index contributed by atoms with van der Waals surface area (Å²) in [6.07, 6.45) is 0. The van der Waals surface area contributed by atoms with Gasteiger partial charge in [-0.15, -0.1) is 0 Å². The Bertz CT molecular complexity index is 77.9. The van der Waals surface area contributed by atoms with Crippen molar-refractivity contribution in [3.05, 3.63) is 0 Å². The molecule has 0 N–H and O–H groups in total. The molecule has 76 valence electrons. The first-order valence-electron chi connectivity index (χ1n) is 4.76. The molecule has 2 nitrogen and oxygen atoms in total. The Kier molecular flexibility index (Phi) is 24.6. The summed E-state index contributed by atoms with van der Waals surface area (Å²) < 4.78 is 4.66. The maximum absolute atomic E-state index is 10.1. The van der Waals surface area contributed by atoms with Crippen molar-refractivity contribution >= 4 is 5.97 Å². The molecule has 0 aliphatic carbocycles. The van der Waals surface area contributed by atoms with Gasteiger partial charge < -0.3 is 4.74 Å². The highest BCUT2D eigenvalue weighted by Crippen LogP contribution is 1.91. The third kappa shape index (κ3) is 34.0. The van der Waals surface area contributed by atoms with E-state index in [1.165, 1.54) is 6.92 Å². The summed E-state index contributed by atoms with van der Waals surface area (Å²) >= 11 is 0. The van der Waals surface area contributed by atoms with Crippen molar-refractivity contribution < 1.29 is 9.53 Å². The highest BCUT2D eigenvalue weighted by Gasteiger charge is 1.94. The molecule has 12 heavy (non-hydrogen) atoms. The second-order valence-electron chi connectivity index (χ2n) is 2.20. The minimum absolute atomic E-state index is 0.196. The summed E-state index contributed by atoms with van der Waals surface area (Å²) in [4.78, 5) is 10.1. The smallest absolute Gasteiger partial charge is 0.302 e. The van der Waals surface area contributed by atoms with E-state index in [0.717, 1.165) is 0 Å². The molecule has 0 saturated heterocycles. The van der Waals surface area contributed by atoms with Crippen LogP contribution in [0.2, 0.25) is 0 Å². The topological polar surface area (TPSA) is 26.3 Å². The van der Waals surface area contributed by atoms with E-state index < -0.39 is 0 Å². The molecule has 0 aromatic carbocycles. The first-order chi connectivity index (χ1) is 5.63. The van der Waals surface area contributed by atoms with Crippen molar-refractivity contribution in [3.63, 3.8) is 0 Å². The normalized spacial score (nSPS) is 7.33. The van der Waals surface area contributed by atoms with E-state index in [9.17, 15) is 4.79 Å². The zero-order valence-corrected chi connectivity index (χ0v) is 9.60. The number of ether oxygens (including phenoxy) is 1. The van der Waals surface area contributed by atoms with E-state index >= 15 is 0 Å². The quantitative estimate of drug-likeness (QED) is 0.604. The van der Waals surface area contributed by atoms with Crippen molar-refractivity contribution in [1.82, 2.24) is 0 Å². The molecule has 0 saturated carbocycles. The first kappa shape index (κ1) is 17.5. The molecule has 0 bridgehead atoms. The van der Waals surface area contributed by atoms with Gasteiger partial charge in [0, 0.05) is 6.92 Å². The second-order valence-corrected chi connectivity index (χ2v) is 2.20. The zero-order chi connectivity index (χ0) is 10.6. The summed E-state index contributed by atoms with van der Waals surface area (Å²) in [6.45, 7) is 14.0. The lowest BCUT2D eigenvalue weighted by atomic mass is 10.2. The maximum atomic E-state index is 10.1. The standard InChI is InChI=1S/C6H12O2.2C2H6/c1-5(2)4-8-6(3)7;2*1-2/h5H,4H2,1-3H3;2*1-2H3. The maximum Gasteiger partial charge on any atom is 0.302 e. The van der Waals surface area contributed by atoms with Crippen molar-refractivity contribution in [2.24, 2.45) is 5.92 Å². The molecule has 0 rings (SSSR count). The molecule has 0 amide bonds. The van der Waals surface area contributed by atoms with Crippen LogP contribution in [0, 0.1) is 5.92 Å². The Morgan fingerprint density at radius 3 is 1.58 bits per heavy atom. The average molecular weight is 176 g/mol. The number of esters is 1. The molecule has 0 unspecified atom stereocenters. The Balaban J connectivity index is -0.000000175. The van der Waals surface area contributed by atoms with Gasteiger partial charge in [-0.05, 0) is 5.92 Å². The lowest BCUT2D eigenvalue weighted by molar-refractivity contribution is -0.141. The van der Waals surface area contributed by atoms with Gasteiger partial charge >= 0.3 is 5.97 Å². The van der Waals surface area contributed by atoms with Crippen LogP contribution in [0.5, 0.6) is 0 Å². The van der Waals surface area contributed by atoms with Crippen LogP contribution in [0.1, 0.15) is 48.5 Å². The van der Waals surface area contributed by atoms with Gasteiger partial charge in [0.2, 0.25) is 0 Å². The van der Waals surface area contributed by atoms with E-state index in [1.54, 1.807) is 0 Å². The predicted octanol–water partition coefficient (Wildman–Crippen LogP) is 3.26. The molecule has 2 heteroatoms. The van der Waals surface area contributed by atoms with Crippen molar-refractivity contribution in [3.8, 4) is 0 Å². The highest BCUT2D eigenvalue weighted by atomic mass is 16.5. The molecule has 0 aromatic heterocycles. The molecule has 0 aliphatic rings. The van der Waals surface area contributed by atoms with Crippen LogP contribution in [-0.2, 0) is 9.53 Å². The Morgan fingerprint density at radius 2 is 1.50 bits per heavy atom. The van der Waals surface area contributed by atoms with Gasteiger partial charge in [-0.1, -0.05) is 41.5 Å². The molecule has 0 radical (unpaired) electrons. The summed E-state index contributed by atoms with van der Waals surface area (Å²) in [5, 5.41) is 0. The third-order valence-electron chi connectivity index (χ3n) is 0.620. The van der Waals surface area contributed by atoms with Crippen molar-refractivity contribution in [2.45, 2.75) is 48.5 Å². The van der Waals surface area contributed by atoms with Crippen LogP contribution in [-0.4, -0.2) is 12.6 Å². The fourth-order valence-corrected chi connectivity index (χ4v) is 0.284. The van der Waals surface area contributed by atoms with Crippen LogP contribution in [0.25, 0.3) is 0 Å². The van der Waals surface area contributed by atoms with Crippen LogP contribution < -0.4 is 0 Å². The lowest BCUT2D eigenvalue weighted by Crippen LogP contribution is -2.05. The summed E-state index contributed by atoms with van der Waals surface area (Å²) in [7, 11) is 0. The van der Waals surface area contributed by atoms with Crippen molar-refractivity contribution in [2.75, 3.05) is 6.61 Å². The van der Waals surface area contributed by atoms with E-state index in [2.05, 4.69) is 4.74 Å². The minimum atomic E-state index is -0.196. The van der Waals surface area contributed by atoms with Gasteiger partial charge in [0.05, 0.1) is 6.61 Å². The van der Waals surface area contributed by atoms with Crippen molar-refractivity contribution in [1.29, 1.82) is 0 Å². The van der Waals surface area contributed by atoms with Gasteiger partial charge in [0.1, 0.15) is 0 Å². The van der Waals surface area contributed by atoms with E-state index in [0.29, 0.717) is 12.5 Å². The number of hydrogen-bond donors (Lipinski definition) is 0. The fourth-order valence-electron chi connectivity index (χ4n) is 0.284. The Morgan fingerprint density at radius 1 is 1.17 bits per heavy atom. The minimum Gasteiger partial charge on any atom is -0.466 e. The van der Waals surface area contributed by atoms with Crippen LogP contribution in [0.15, 0.2) is 0 Å². The van der Waals surface area contributed by atoms with Gasteiger partial charge in [-0.25, -0.2) is 0 Å². The molecule has 0 heterocycles. The van der Waals surface area contributed by atoms with Gasteiger partial charge in [-0.2, -0.15) is 0 Å². The van der Waals surface area contributed by atoms with Crippen LogP contribution in [0.4, 0.5) is 0 Å². The van der Waals surface area contributed by atoms with Gasteiger partial charge in [-0.3, -0.25) is 4.79 Å². The van der Waals surface area contributed by atoms with E-state index in [-0.39, 0.29) is 5.97 Å². The van der Waals surface area contributed by atoms with E-state index in [1.807, 2.05) is 41.5 Å². The molecule has 0 aliphatic heterocycles. The molecule has 0 fully saturated rings. The predicted molar refractivity (Wildman–Crippen MR) is 54.2 cm³/mol. The molecule has 0 atom stereocenters. The summed E-state index contributed by atoms with van der Waals surface area (Å²) in [6, 6.07) is 0. The SMILES string of the molecule is CC.CC.CC(=O)OCC(C)C. The largest absolute Gasteiger partial charge is 0.466 e. The number of carbonyl (C=O) groups is 1. The first-order valence-corrected chi connectivity index (χ1v) is 4.76. The third-order valence-corrected chi connectivity index (χ3v) is 0.620. The fraction of sp³-hybridized carbons (Fsp3) is 0.900. The van der Waals surface area contributed by atoms with Crippen LogP contribution in [0.3, 0.4) is 0 Å². The molecular formula is C10H24O2. The molecule has 0 spiro atoms. The molecular weight excluding hydrogens is 152 g/mol. The average Bonchev–Trinajstić information content (AvgIpc) is 2.08. The Labute approximate surface area is 77.3 Å². The van der Waals surface area contributed by atoms with E-state index in [4.69, 9.17) is 0 Å². The highest BCUT2D eigenvalue weighted by molar-refractivity contribution is 5.65. The summed E-state index contributed by atoms with van der Waals surface area (Å²) in [5.74, 6) is 0.248. The monoisotopic (exact) mass is 176 g/mol. The van der Waals surface area contributed by atoms with Crippen LogP contribution >= 0.6 is 0 Å². The second kappa shape index (κ2) is 16.8. The summed E-state index contributed by atoms with van der Waals surface area (Å²) in [5.41, 5.74) is 0. The number of hydrogen-bond acceptors (Lipinski definition) is 2. The van der Waals surface area contributed by atoms with Gasteiger partial charge in [0.15, 0.2) is 0 Å². The number of rotatable bonds is 2. The Hall–Kier alpha value is -0.530. The zero-order valence-electron chi connectivity index (χ0n) is 9.60. The van der Waals surface area contributed by atoms with Gasteiger partial charge in [0.25, 0.3) is 0 Å². The number of carbonyl (C=O) groups excluding carboxylic acids is 1. The lowest BCUT2D eigenvalue weighted by Gasteiger charge is -2.02. The molecule has 0 aromatic rings.